The standard InChI is InChI=1S/C17H18BrNO/c1-11-9-19(10-12(11)2)17(20)15-4-3-14-8-16(18)6-5-13(14)7-15/h3-8,11-12H,9-10H2,1-2H3. The van der Waals surface area contributed by atoms with Gasteiger partial charge in [-0.3, -0.25) is 4.79 Å². The summed E-state index contributed by atoms with van der Waals surface area (Å²) in [7, 11) is 0. The van der Waals surface area contributed by atoms with Crippen LogP contribution in [-0.2, 0) is 0 Å². The number of fused-ring (bicyclic) bond motifs is 1. The average molecular weight is 332 g/mol. The molecule has 2 aromatic rings. The third-order valence-electron chi connectivity index (χ3n) is 4.32. The molecule has 1 heterocycles. The maximum atomic E-state index is 12.6. The molecule has 0 bridgehead atoms. The highest BCUT2D eigenvalue weighted by Crippen LogP contribution is 2.25. The number of carbonyl (C=O) groups excluding carboxylic acids is 1. The number of carbonyl (C=O) groups is 1. The summed E-state index contributed by atoms with van der Waals surface area (Å²) in [5, 5.41) is 2.26. The maximum Gasteiger partial charge on any atom is 0.253 e. The van der Waals surface area contributed by atoms with Crippen LogP contribution in [-0.4, -0.2) is 23.9 Å². The fraction of sp³-hybridized carbons (Fsp3) is 0.353. The van der Waals surface area contributed by atoms with Crippen molar-refractivity contribution in [3.63, 3.8) is 0 Å². The summed E-state index contributed by atoms with van der Waals surface area (Å²) in [5.74, 6) is 1.34. The molecule has 0 radical (unpaired) electrons. The fourth-order valence-corrected chi connectivity index (χ4v) is 3.21. The van der Waals surface area contributed by atoms with Crippen LogP contribution < -0.4 is 0 Å². The number of nitrogens with zero attached hydrogens (tertiary/aromatic N) is 1. The van der Waals surface area contributed by atoms with Crippen LogP contribution in [0.25, 0.3) is 10.8 Å². The van der Waals surface area contributed by atoms with Gasteiger partial charge in [0.2, 0.25) is 0 Å². The van der Waals surface area contributed by atoms with Gasteiger partial charge in [0, 0.05) is 23.1 Å². The molecule has 1 amide bonds. The van der Waals surface area contributed by atoms with Crippen molar-refractivity contribution in [2.45, 2.75) is 13.8 Å². The van der Waals surface area contributed by atoms with Crippen LogP contribution in [0.3, 0.4) is 0 Å². The lowest BCUT2D eigenvalue weighted by Crippen LogP contribution is -2.28. The lowest BCUT2D eigenvalue weighted by molar-refractivity contribution is 0.0785. The third-order valence-corrected chi connectivity index (χ3v) is 4.82. The zero-order valence-corrected chi connectivity index (χ0v) is 13.4. The molecule has 1 fully saturated rings. The summed E-state index contributed by atoms with van der Waals surface area (Å²) in [6.45, 7) is 6.18. The number of halogens is 1. The Bertz CT molecular complexity index is 657. The molecular formula is C17H18BrNO. The molecule has 3 rings (SSSR count). The van der Waals surface area contributed by atoms with Gasteiger partial charge in [0.25, 0.3) is 5.91 Å². The topological polar surface area (TPSA) is 20.3 Å². The van der Waals surface area contributed by atoms with E-state index in [0.29, 0.717) is 11.8 Å². The molecule has 0 aromatic heterocycles. The number of benzene rings is 2. The van der Waals surface area contributed by atoms with E-state index in [-0.39, 0.29) is 5.91 Å². The first kappa shape index (κ1) is 13.6. The van der Waals surface area contributed by atoms with Gasteiger partial charge in [-0.05, 0) is 46.9 Å². The third kappa shape index (κ3) is 2.47. The summed E-state index contributed by atoms with van der Waals surface area (Å²) in [4.78, 5) is 14.5. The Balaban J connectivity index is 1.90. The van der Waals surface area contributed by atoms with Crippen molar-refractivity contribution in [1.82, 2.24) is 4.90 Å². The molecule has 2 aromatic carbocycles. The molecule has 104 valence electrons. The van der Waals surface area contributed by atoms with Crippen LogP contribution in [0.2, 0.25) is 0 Å². The Kier molecular flexibility index (Phi) is 3.55. The molecule has 3 heteroatoms. The van der Waals surface area contributed by atoms with E-state index in [2.05, 4.69) is 35.8 Å². The minimum atomic E-state index is 0.158. The number of likely N-dealkylation sites (tertiary alicyclic amines) is 1. The van der Waals surface area contributed by atoms with Gasteiger partial charge >= 0.3 is 0 Å². The van der Waals surface area contributed by atoms with E-state index in [1.807, 2.05) is 35.2 Å². The van der Waals surface area contributed by atoms with Crippen molar-refractivity contribution in [1.29, 1.82) is 0 Å². The predicted molar refractivity (Wildman–Crippen MR) is 85.9 cm³/mol. The van der Waals surface area contributed by atoms with E-state index in [9.17, 15) is 4.79 Å². The van der Waals surface area contributed by atoms with Crippen LogP contribution >= 0.6 is 15.9 Å². The van der Waals surface area contributed by atoms with Crippen LogP contribution in [0.5, 0.6) is 0 Å². The van der Waals surface area contributed by atoms with Gasteiger partial charge in [-0.2, -0.15) is 0 Å². The van der Waals surface area contributed by atoms with Crippen molar-refractivity contribution in [2.75, 3.05) is 13.1 Å². The Morgan fingerprint density at radius 3 is 2.35 bits per heavy atom. The smallest absolute Gasteiger partial charge is 0.253 e. The van der Waals surface area contributed by atoms with Crippen LogP contribution in [0, 0.1) is 11.8 Å². The Hall–Kier alpha value is -1.35. The van der Waals surface area contributed by atoms with Crippen molar-refractivity contribution in [3.8, 4) is 0 Å². The second kappa shape index (κ2) is 5.21. The molecule has 1 aliphatic heterocycles. The van der Waals surface area contributed by atoms with Gasteiger partial charge in [-0.25, -0.2) is 0 Å². The predicted octanol–water partition coefficient (Wildman–Crippen LogP) is 4.33. The van der Waals surface area contributed by atoms with E-state index >= 15 is 0 Å². The average Bonchev–Trinajstić information content (AvgIpc) is 2.77. The highest BCUT2D eigenvalue weighted by molar-refractivity contribution is 9.10. The van der Waals surface area contributed by atoms with Crippen molar-refractivity contribution >= 4 is 32.6 Å². The molecule has 1 aliphatic rings. The summed E-state index contributed by atoms with van der Waals surface area (Å²) in [6.07, 6.45) is 0. The highest BCUT2D eigenvalue weighted by atomic mass is 79.9. The van der Waals surface area contributed by atoms with Gasteiger partial charge in [-0.1, -0.05) is 41.9 Å². The first-order valence-electron chi connectivity index (χ1n) is 7.03. The van der Waals surface area contributed by atoms with Crippen LogP contribution in [0.15, 0.2) is 40.9 Å². The number of hydrogen-bond donors (Lipinski definition) is 0. The van der Waals surface area contributed by atoms with Crippen LogP contribution in [0.4, 0.5) is 0 Å². The van der Waals surface area contributed by atoms with Gasteiger partial charge in [0.1, 0.15) is 0 Å². The highest BCUT2D eigenvalue weighted by Gasteiger charge is 2.29. The Morgan fingerprint density at radius 2 is 1.65 bits per heavy atom. The molecule has 0 spiro atoms. The zero-order chi connectivity index (χ0) is 14.3. The normalized spacial score (nSPS) is 22.4. The van der Waals surface area contributed by atoms with Gasteiger partial charge < -0.3 is 4.90 Å². The first-order valence-corrected chi connectivity index (χ1v) is 7.82. The number of amides is 1. The second-order valence-electron chi connectivity index (χ2n) is 5.87. The second-order valence-corrected chi connectivity index (χ2v) is 6.79. The fourth-order valence-electron chi connectivity index (χ4n) is 2.83. The summed E-state index contributed by atoms with van der Waals surface area (Å²) < 4.78 is 1.06. The molecule has 1 saturated heterocycles. The van der Waals surface area contributed by atoms with E-state index in [1.54, 1.807) is 0 Å². The molecule has 2 atom stereocenters. The molecule has 20 heavy (non-hydrogen) atoms. The lowest BCUT2D eigenvalue weighted by Gasteiger charge is -2.16. The van der Waals surface area contributed by atoms with Gasteiger partial charge in [-0.15, -0.1) is 0 Å². The summed E-state index contributed by atoms with van der Waals surface area (Å²) in [5.41, 5.74) is 0.793. The molecular weight excluding hydrogens is 314 g/mol. The van der Waals surface area contributed by atoms with Crippen molar-refractivity contribution in [2.24, 2.45) is 11.8 Å². The van der Waals surface area contributed by atoms with E-state index in [1.165, 1.54) is 0 Å². The first-order chi connectivity index (χ1) is 9.54. The van der Waals surface area contributed by atoms with Gasteiger partial charge in [0.05, 0.1) is 0 Å². The quantitative estimate of drug-likeness (QED) is 0.761. The molecule has 2 nitrogen and oxygen atoms in total. The largest absolute Gasteiger partial charge is 0.338 e. The van der Waals surface area contributed by atoms with Crippen molar-refractivity contribution in [3.05, 3.63) is 46.4 Å². The zero-order valence-electron chi connectivity index (χ0n) is 11.8. The lowest BCUT2D eigenvalue weighted by atomic mass is 10.0. The van der Waals surface area contributed by atoms with E-state index < -0.39 is 0 Å². The van der Waals surface area contributed by atoms with E-state index in [4.69, 9.17) is 0 Å². The minimum Gasteiger partial charge on any atom is -0.338 e. The van der Waals surface area contributed by atoms with Crippen LogP contribution in [0.1, 0.15) is 24.2 Å². The SMILES string of the molecule is CC1CN(C(=O)c2ccc3cc(Br)ccc3c2)CC1C. The summed E-state index contributed by atoms with van der Waals surface area (Å²) in [6, 6.07) is 12.1. The Labute approximate surface area is 127 Å². The molecule has 0 N–H and O–H groups in total. The molecule has 0 saturated carbocycles. The molecule has 2 unspecified atom stereocenters. The maximum absolute atomic E-state index is 12.6. The van der Waals surface area contributed by atoms with Gasteiger partial charge in [0.15, 0.2) is 0 Å². The molecule has 0 aliphatic carbocycles. The van der Waals surface area contributed by atoms with E-state index in [0.717, 1.165) is 33.9 Å². The summed E-state index contributed by atoms with van der Waals surface area (Å²) >= 11 is 3.47. The number of rotatable bonds is 1. The minimum absolute atomic E-state index is 0.158. The number of hydrogen-bond acceptors (Lipinski definition) is 1. The Morgan fingerprint density at radius 1 is 1.05 bits per heavy atom. The monoisotopic (exact) mass is 331 g/mol. The van der Waals surface area contributed by atoms with Crippen molar-refractivity contribution < 1.29 is 4.79 Å².